The van der Waals surface area contributed by atoms with Crippen LogP contribution in [0.25, 0.3) is 33.3 Å². The summed E-state index contributed by atoms with van der Waals surface area (Å²) in [5.74, 6) is 0.870. The van der Waals surface area contributed by atoms with Crippen LogP contribution < -0.4 is 10.1 Å². The molecule has 3 heterocycles. The number of amides is 1. The number of carbonyl (C=O) groups is 1. The molecule has 1 aliphatic heterocycles. The highest BCUT2D eigenvalue weighted by molar-refractivity contribution is 6.06. The van der Waals surface area contributed by atoms with Gasteiger partial charge in [0.05, 0.1) is 18.2 Å². The van der Waals surface area contributed by atoms with Crippen LogP contribution in [0.2, 0.25) is 0 Å². The predicted octanol–water partition coefficient (Wildman–Crippen LogP) is 5.66. The van der Waals surface area contributed by atoms with E-state index in [9.17, 15) is 4.79 Å². The van der Waals surface area contributed by atoms with Gasteiger partial charge in [-0.3, -0.25) is 4.79 Å². The van der Waals surface area contributed by atoms with E-state index in [0.717, 1.165) is 40.9 Å². The lowest BCUT2D eigenvalue weighted by atomic mass is 9.93. The topological polar surface area (TPSA) is 67.0 Å². The first-order chi connectivity index (χ1) is 16.8. The maximum Gasteiger partial charge on any atom is 0.252 e. The molecule has 5 nitrogen and oxygen atoms in total. The second-order valence-corrected chi connectivity index (χ2v) is 8.78. The van der Waals surface area contributed by atoms with Gasteiger partial charge in [0.15, 0.2) is 0 Å². The molecule has 2 N–H and O–H groups in total. The fourth-order valence-corrected chi connectivity index (χ4v) is 5.37. The molecule has 3 aromatic carbocycles. The zero-order valence-electron chi connectivity index (χ0n) is 18.3. The largest absolute Gasteiger partial charge is 0.493 e. The molecule has 0 fully saturated rings. The van der Waals surface area contributed by atoms with Gasteiger partial charge in [0.2, 0.25) is 0 Å². The molecular formula is C29H21N3O2. The summed E-state index contributed by atoms with van der Waals surface area (Å²) in [7, 11) is 0. The number of H-pyrrole nitrogens is 1. The van der Waals surface area contributed by atoms with Crippen molar-refractivity contribution in [2.75, 3.05) is 6.61 Å². The van der Waals surface area contributed by atoms with Crippen molar-refractivity contribution in [2.45, 2.75) is 12.5 Å². The maximum absolute atomic E-state index is 13.4. The Balaban J connectivity index is 1.34. The molecule has 1 amide bonds. The van der Waals surface area contributed by atoms with Crippen LogP contribution >= 0.6 is 0 Å². The van der Waals surface area contributed by atoms with Crippen LogP contribution in [0.3, 0.4) is 0 Å². The second-order valence-electron chi connectivity index (χ2n) is 8.78. The molecule has 1 atom stereocenters. The van der Waals surface area contributed by atoms with E-state index in [0.29, 0.717) is 11.2 Å². The van der Waals surface area contributed by atoms with E-state index in [1.807, 2.05) is 18.3 Å². The number of benzene rings is 3. The fraction of sp³-hybridized carbons (Fsp3) is 0.103. The van der Waals surface area contributed by atoms with Crippen LogP contribution in [0.4, 0.5) is 0 Å². The standard InChI is InChI=1S/C29H21N3O2/c33-29(23-11-14-31-28-22(23)10-13-30-28)32-27-21-5-2-1-4-20(21)26-19(6-3-7-24(26)27)17-8-9-25-18(16-17)12-15-34-25/h1-11,13-14,16,27H,12,15H2,(H,30,31)(H,32,33). The van der Waals surface area contributed by atoms with Crippen LogP contribution in [-0.2, 0) is 6.42 Å². The Kier molecular flexibility index (Phi) is 4.12. The number of aromatic amines is 1. The molecule has 1 aliphatic carbocycles. The minimum absolute atomic E-state index is 0.111. The number of pyridine rings is 1. The highest BCUT2D eigenvalue weighted by Crippen LogP contribution is 2.48. The van der Waals surface area contributed by atoms with Gasteiger partial charge in [0, 0.05) is 24.2 Å². The maximum atomic E-state index is 13.4. The number of carbonyl (C=O) groups excluding carboxylic acids is 1. The van der Waals surface area contributed by atoms with Crippen LogP contribution in [0.1, 0.15) is 33.1 Å². The van der Waals surface area contributed by atoms with E-state index in [4.69, 9.17) is 4.74 Å². The monoisotopic (exact) mass is 443 g/mol. The van der Waals surface area contributed by atoms with Crippen molar-refractivity contribution < 1.29 is 9.53 Å². The normalized spacial score (nSPS) is 15.5. The number of ether oxygens (including phenoxy) is 1. The number of aromatic nitrogens is 2. The molecule has 0 spiro atoms. The molecule has 0 saturated carbocycles. The highest BCUT2D eigenvalue weighted by Gasteiger charge is 2.32. The van der Waals surface area contributed by atoms with Crippen LogP contribution in [0, 0.1) is 0 Å². The number of nitrogens with zero attached hydrogens (tertiary/aromatic N) is 1. The Bertz CT molecular complexity index is 1600. The van der Waals surface area contributed by atoms with Crippen molar-refractivity contribution in [2.24, 2.45) is 0 Å². The van der Waals surface area contributed by atoms with Crippen LogP contribution in [-0.4, -0.2) is 22.5 Å². The summed E-state index contributed by atoms with van der Waals surface area (Å²) in [6.45, 7) is 0.742. The molecule has 164 valence electrons. The summed E-state index contributed by atoms with van der Waals surface area (Å²) >= 11 is 0. The second kappa shape index (κ2) is 7.32. The molecule has 5 heteroatoms. The Morgan fingerprint density at radius 3 is 2.82 bits per heavy atom. The lowest BCUT2D eigenvalue weighted by Crippen LogP contribution is -2.28. The Labute approximate surface area is 196 Å². The summed E-state index contributed by atoms with van der Waals surface area (Å²) in [6.07, 6.45) is 4.41. The zero-order chi connectivity index (χ0) is 22.6. The summed E-state index contributed by atoms with van der Waals surface area (Å²) < 4.78 is 5.71. The molecule has 7 rings (SSSR count). The summed E-state index contributed by atoms with van der Waals surface area (Å²) in [5.41, 5.74) is 9.50. The molecule has 34 heavy (non-hydrogen) atoms. The average molecular weight is 444 g/mol. The van der Waals surface area contributed by atoms with Gasteiger partial charge >= 0.3 is 0 Å². The smallest absolute Gasteiger partial charge is 0.252 e. The van der Waals surface area contributed by atoms with Gasteiger partial charge in [-0.15, -0.1) is 0 Å². The van der Waals surface area contributed by atoms with Crippen molar-refractivity contribution in [1.82, 2.24) is 15.3 Å². The average Bonchev–Trinajstić information content (AvgIpc) is 3.61. The van der Waals surface area contributed by atoms with E-state index in [1.54, 1.807) is 12.3 Å². The molecule has 2 aliphatic rings. The first-order valence-corrected chi connectivity index (χ1v) is 11.5. The van der Waals surface area contributed by atoms with Gasteiger partial charge in [-0.25, -0.2) is 4.98 Å². The Morgan fingerprint density at radius 1 is 0.971 bits per heavy atom. The molecule has 0 saturated heterocycles. The number of hydrogen-bond acceptors (Lipinski definition) is 3. The van der Waals surface area contributed by atoms with E-state index in [1.165, 1.54) is 22.3 Å². The molecule has 0 radical (unpaired) electrons. The van der Waals surface area contributed by atoms with E-state index in [2.05, 4.69) is 69.9 Å². The van der Waals surface area contributed by atoms with Crippen LogP contribution in [0.5, 0.6) is 5.75 Å². The number of fused-ring (bicyclic) bond motifs is 5. The highest BCUT2D eigenvalue weighted by atomic mass is 16.5. The van der Waals surface area contributed by atoms with E-state index < -0.39 is 0 Å². The summed E-state index contributed by atoms with van der Waals surface area (Å²) in [4.78, 5) is 20.8. The van der Waals surface area contributed by atoms with Gasteiger partial charge < -0.3 is 15.0 Å². The minimum atomic E-state index is -0.224. The van der Waals surface area contributed by atoms with Crippen molar-refractivity contribution in [3.63, 3.8) is 0 Å². The third-order valence-corrected chi connectivity index (χ3v) is 6.93. The van der Waals surface area contributed by atoms with Gasteiger partial charge in [0.25, 0.3) is 5.91 Å². The van der Waals surface area contributed by atoms with Crippen LogP contribution in [0.15, 0.2) is 85.2 Å². The fourth-order valence-electron chi connectivity index (χ4n) is 5.37. The first-order valence-electron chi connectivity index (χ1n) is 11.5. The lowest BCUT2D eigenvalue weighted by Gasteiger charge is -2.17. The van der Waals surface area contributed by atoms with Crippen molar-refractivity contribution in [3.8, 4) is 28.0 Å². The molecular weight excluding hydrogens is 422 g/mol. The Hall–Kier alpha value is -4.38. The number of rotatable bonds is 3. The van der Waals surface area contributed by atoms with Gasteiger partial charge in [-0.1, -0.05) is 48.5 Å². The SMILES string of the molecule is O=C(NC1c2ccccc2-c2c(-c3ccc4c(c3)CCO4)cccc21)c1ccnc2[nH]ccc12. The quantitative estimate of drug-likeness (QED) is 0.378. The lowest BCUT2D eigenvalue weighted by molar-refractivity contribution is 0.0945. The third kappa shape index (κ3) is 2.80. The van der Waals surface area contributed by atoms with Gasteiger partial charge in [0.1, 0.15) is 11.4 Å². The van der Waals surface area contributed by atoms with E-state index >= 15 is 0 Å². The number of nitrogens with one attached hydrogen (secondary N) is 2. The first kappa shape index (κ1) is 19.1. The predicted molar refractivity (Wildman–Crippen MR) is 132 cm³/mol. The van der Waals surface area contributed by atoms with Gasteiger partial charge in [-0.05, 0) is 63.2 Å². The third-order valence-electron chi connectivity index (χ3n) is 6.93. The molecule has 1 unspecified atom stereocenters. The number of hydrogen-bond donors (Lipinski definition) is 2. The summed E-state index contributed by atoms with van der Waals surface area (Å²) in [5, 5.41) is 4.13. The zero-order valence-corrected chi connectivity index (χ0v) is 18.3. The van der Waals surface area contributed by atoms with Crippen molar-refractivity contribution >= 4 is 16.9 Å². The minimum Gasteiger partial charge on any atom is -0.493 e. The van der Waals surface area contributed by atoms with Crippen molar-refractivity contribution in [3.05, 3.63) is 107 Å². The van der Waals surface area contributed by atoms with Gasteiger partial charge in [-0.2, -0.15) is 0 Å². The van der Waals surface area contributed by atoms with E-state index in [-0.39, 0.29) is 11.9 Å². The molecule has 5 aromatic rings. The van der Waals surface area contributed by atoms with Crippen molar-refractivity contribution in [1.29, 1.82) is 0 Å². The molecule has 0 bridgehead atoms. The summed E-state index contributed by atoms with van der Waals surface area (Å²) in [6, 6.07) is 24.6. The molecule has 2 aromatic heterocycles. The Morgan fingerprint density at radius 2 is 1.85 bits per heavy atom.